The topological polar surface area (TPSA) is 112 Å². The molecule has 0 saturated carbocycles. The van der Waals surface area contributed by atoms with E-state index >= 15 is 0 Å². The number of aliphatic hydroxyl groups is 1. The third-order valence-corrected chi connectivity index (χ3v) is 7.28. The van der Waals surface area contributed by atoms with Gasteiger partial charge in [-0.25, -0.2) is 9.78 Å². The van der Waals surface area contributed by atoms with E-state index in [2.05, 4.69) is 14.7 Å². The number of carboxylic acid groups (broad SMARTS) is 1. The number of ether oxygens (including phenoxy) is 1. The van der Waals surface area contributed by atoms with Gasteiger partial charge in [0.1, 0.15) is 16.1 Å². The molecular formula is C22H21F5N4O5S. The lowest BCUT2D eigenvalue weighted by molar-refractivity contribution is -0.374. The fourth-order valence-electron chi connectivity index (χ4n) is 4.56. The van der Waals surface area contributed by atoms with Gasteiger partial charge < -0.3 is 24.3 Å². The first-order chi connectivity index (χ1) is 17.2. The van der Waals surface area contributed by atoms with E-state index in [0.717, 1.165) is 6.07 Å². The third kappa shape index (κ3) is 4.38. The lowest BCUT2D eigenvalue weighted by Crippen LogP contribution is -2.70. The maximum Gasteiger partial charge on any atom is 0.419 e. The lowest BCUT2D eigenvalue weighted by atomic mass is 9.88. The highest BCUT2D eigenvalue weighted by atomic mass is 32.1. The van der Waals surface area contributed by atoms with Crippen molar-refractivity contribution in [1.82, 2.24) is 14.9 Å². The van der Waals surface area contributed by atoms with Gasteiger partial charge in [0.2, 0.25) is 0 Å². The number of benzene rings is 1. The molecule has 3 aliphatic heterocycles. The van der Waals surface area contributed by atoms with Crippen molar-refractivity contribution in [2.45, 2.75) is 56.3 Å². The summed E-state index contributed by atoms with van der Waals surface area (Å²) in [4.78, 5) is 22.7. The van der Waals surface area contributed by atoms with Gasteiger partial charge in [0.15, 0.2) is 11.7 Å². The summed E-state index contributed by atoms with van der Waals surface area (Å²) in [7, 11) is 0. The molecular weight excluding hydrogens is 527 g/mol. The van der Waals surface area contributed by atoms with Crippen molar-refractivity contribution in [2.24, 2.45) is 0 Å². The number of amides is 1. The van der Waals surface area contributed by atoms with Crippen molar-refractivity contribution in [3.63, 3.8) is 0 Å². The molecule has 200 valence electrons. The summed E-state index contributed by atoms with van der Waals surface area (Å²) >= 11 is 1.19. The van der Waals surface area contributed by atoms with E-state index in [1.165, 1.54) is 28.5 Å². The molecule has 6 rings (SSSR count). The first-order valence-corrected chi connectivity index (χ1v) is 12.0. The number of oxazole rings is 1. The summed E-state index contributed by atoms with van der Waals surface area (Å²) < 4.78 is 81.3. The highest BCUT2D eigenvalue weighted by Crippen LogP contribution is 2.47. The van der Waals surface area contributed by atoms with Gasteiger partial charge in [0.05, 0.1) is 17.6 Å². The minimum absolute atomic E-state index is 0.0739. The van der Waals surface area contributed by atoms with E-state index in [1.807, 2.05) is 0 Å². The van der Waals surface area contributed by atoms with Crippen LogP contribution in [0.4, 0.5) is 32.8 Å². The Morgan fingerprint density at radius 3 is 2.43 bits per heavy atom. The Labute approximate surface area is 210 Å². The zero-order valence-electron chi connectivity index (χ0n) is 19.4. The number of alkyl halides is 5. The van der Waals surface area contributed by atoms with E-state index in [4.69, 9.17) is 4.42 Å². The summed E-state index contributed by atoms with van der Waals surface area (Å²) in [6.07, 6.45) is -11.9. The minimum atomic E-state index is -5.29. The first-order valence-electron chi connectivity index (χ1n) is 11.1. The Kier molecular flexibility index (Phi) is 5.88. The van der Waals surface area contributed by atoms with Gasteiger partial charge >= 0.3 is 18.4 Å². The molecule has 1 aromatic carbocycles. The van der Waals surface area contributed by atoms with Crippen molar-refractivity contribution < 1.29 is 46.1 Å². The molecule has 3 aromatic rings. The number of carbonyl (C=O) groups is 1. The van der Waals surface area contributed by atoms with Crippen LogP contribution in [0.15, 0.2) is 28.1 Å². The van der Waals surface area contributed by atoms with Gasteiger partial charge in [-0.2, -0.15) is 26.9 Å². The highest BCUT2D eigenvalue weighted by Gasteiger charge is 2.55. The molecule has 3 aliphatic rings. The molecule has 2 bridgehead atoms. The maximum atomic E-state index is 14.5. The van der Waals surface area contributed by atoms with Gasteiger partial charge in [-0.05, 0) is 26.3 Å². The molecule has 3 unspecified atom stereocenters. The van der Waals surface area contributed by atoms with Crippen LogP contribution in [-0.4, -0.2) is 74.2 Å². The van der Waals surface area contributed by atoms with E-state index in [9.17, 15) is 37.0 Å². The second-order valence-corrected chi connectivity index (χ2v) is 10.4. The number of nitrogens with zero attached hydrogens (tertiary/aromatic N) is 4. The zero-order chi connectivity index (χ0) is 26.9. The molecule has 3 atom stereocenters. The smallest absolute Gasteiger partial charge is 0.419 e. The lowest BCUT2D eigenvalue weighted by Gasteiger charge is -2.54. The summed E-state index contributed by atoms with van der Waals surface area (Å²) in [5.41, 5.74) is -3.80. The third-order valence-electron chi connectivity index (χ3n) is 6.47. The molecule has 0 radical (unpaired) electrons. The number of piperazine rings is 1. The van der Waals surface area contributed by atoms with Crippen molar-refractivity contribution in [1.29, 1.82) is 0 Å². The second-order valence-electron chi connectivity index (χ2n) is 9.47. The minimum Gasteiger partial charge on any atom is -0.465 e. The standard InChI is InChI=1S/C22H21F5N4O5S/c1-20(2,34)22(26,27)36-16(21(23,24)25)12-3-4-13(17-28-5-6-37-17)15-14(12)29-18(35-15)30-8-10-7-11(9-30)31(10)19(32)33/h3-6,10-11,16,34H,7-9H2,1-2H3,(H,32,33). The van der Waals surface area contributed by atoms with Crippen LogP contribution in [0.1, 0.15) is 31.9 Å². The van der Waals surface area contributed by atoms with Crippen molar-refractivity contribution in [2.75, 3.05) is 18.0 Å². The quantitative estimate of drug-likeness (QED) is 0.420. The molecule has 1 amide bonds. The molecule has 15 heteroatoms. The summed E-state index contributed by atoms with van der Waals surface area (Å²) in [5, 5.41) is 21.1. The number of rotatable bonds is 6. The average Bonchev–Trinajstić information content (AvgIpc) is 3.45. The number of aromatic nitrogens is 2. The molecule has 2 N–H and O–H groups in total. The van der Waals surface area contributed by atoms with Crippen molar-refractivity contribution >= 4 is 34.5 Å². The van der Waals surface area contributed by atoms with Crippen molar-refractivity contribution in [3.8, 4) is 10.6 Å². The monoisotopic (exact) mass is 548 g/mol. The highest BCUT2D eigenvalue weighted by molar-refractivity contribution is 7.13. The second kappa shape index (κ2) is 8.49. The van der Waals surface area contributed by atoms with Crippen LogP contribution in [0, 0.1) is 0 Å². The Morgan fingerprint density at radius 1 is 1.22 bits per heavy atom. The number of halogens is 5. The number of piperidine rings is 1. The molecule has 3 fully saturated rings. The van der Waals surface area contributed by atoms with Crippen LogP contribution in [-0.2, 0) is 4.74 Å². The van der Waals surface area contributed by atoms with Gasteiger partial charge in [-0.15, -0.1) is 11.3 Å². The van der Waals surface area contributed by atoms with E-state index in [0.29, 0.717) is 30.8 Å². The van der Waals surface area contributed by atoms with Crippen LogP contribution in [0.5, 0.6) is 0 Å². The Hall–Kier alpha value is -3.04. The van der Waals surface area contributed by atoms with Crippen LogP contribution in [0.25, 0.3) is 21.7 Å². The summed E-state index contributed by atoms with van der Waals surface area (Å²) in [6, 6.07) is 1.50. The Bertz CT molecular complexity index is 1310. The molecule has 3 saturated heterocycles. The van der Waals surface area contributed by atoms with E-state index in [-0.39, 0.29) is 42.3 Å². The Morgan fingerprint density at radius 2 is 1.89 bits per heavy atom. The van der Waals surface area contributed by atoms with Gasteiger partial charge in [0.25, 0.3) is 6.01 Å². The van der Waals surface area contributed by atoms with Gasteiger partial charge in [-0.1, -0.05) is 6.07 Å². The number of anilines is 1. The number of hydrogen-bond donors (Lipinski definition) is 2. The normalized spacial score (nSPS) is 21.3. The fourth-order valence-corrected chi connectivity index (χ4v) is 5.22. The zero-order valence-corrected chi connectivity index (χ0v) is 20.2. The van der Waals surface area contributed by atoms with Crippen LogP contribution in [0.3, 0.4) is 0 Å². The maximum absolute atomic E-state index is 14.5. The summed E-state index contributed by atoms with van der Waals surface area (Å²) in [5.74, 6) is 0. The first kappa shape index (κ1) is 25.6. The predicted molar refractivity (Wildman–Crippen MR) is 121 cm³/mol. The Balaban J connectivity index is 1.61. The molecule has 2 aromatic heterocycles. The molecule has 0 spiro atoms. The number of thiazole rings is 1. The molecule has 9 nitrogen and oxygen atoms in total. The van der Waals surface area contributed by atoms with Crippen molar-refractivity contribution in [3.05, 3.63) is 29.3 Å². The van der Waals surface area contributed by atoms with Crippen LogP contribution < -0.4 is 4.90 Å². The predicted octanol–water partition coefficient (Wildman–Crippen LogP) is 4.88. The fraction of sp³-hybridized carbons (Fsp3) is 0.500. The number of fused-ring (bicyclic) bond motifs is 3. The molecule has 5 heterocycles. The van der Waals surface area contributed by atoms with Gasteiger partial charge in [-0.3, -0.25) is 4.90 Å². The van der Waals surface area contributed by atoms with Crippen LogP contribution in [0.2, 0.25) is 0 Å². The average molecular weight is 548 g/mol. The SMILES string of the molecule is CC(C)(O)C(F)(F)OC(c1ccc(-c2nccs2)c2oc(N3CC4CC(C3)N4C(=O)O)nc12)C(F)(F)F. The van der Waals surface area contributed by atoms with E-state index in [1.54, 1.807) is 10.3 Å². The van der Waals surface area contributed by atoms with Gasteiger partial charge in [0, 0.05) is 30.2 Å². The molecule has 37 heavy (non-hydrogen) atoms. The summed E-state index contributed by atoms with van der Waals surface area (Å²) in [6.45, 7) is 1.68. The number of hydrogen-bond acceptors (Lipinski definition) is 8. The van der Waals surface area contributed by atoms with E-state index < -0.39 is 35.6 Å². The molecule has 0 aliphatic carbocycles. The van der Waals surface area contributed by atoms with Crippen LogP contribution >= 0.6 is 11.3 Å². The largest absolute Gasteiger partial charge is 0.465 e.